The molecular formula is C26H22Cl2FN5O4S. The summed E-state index contributed by atoms with van der Waals surface area (Å²) in [7, 11) is -4.83. The number of hydrogen-bond acceptors (Lipinski definition) is 8. The first-order chi connectivity index (χ1) is 18.4. The number of hydrogen-bond donors (Lipinski definition) is 3. The Hall–Kier alpha value is -3.93. The summed E-state index contributed by atoms with van der Waals surface area (Å²) in [5.41, 5.74) is 15.5. The van der Waals surface area contributed by atoms with Gasteiger partial charge in [-0.05, 0) is 72.1 Å². The molecule has 3 aromatic carbocycles. The molecule has 5 N–H and O–H groups in total. The van der Waals surface area contributed by atoms with Crippen LogP contribution in [0.1, 0.15) is 27.2 Å². The van der Waals surface area contributed by atoms with Crippen LogP contribution in [0.4, 0.5) is 15.7 Å². The molecule has 0 aliphatic heterocycles. The van der Waals surface area contributed by atoms with E-state index in [0.29, 0.717) is 32.6 Å². The lowest BCUT2D eigenvalue weighted by Crippen LogP contribution is -2.23. The molecule has 39 heavy (non-hydrogen) atoms. The summed E-state index contributed by atoms with van der Waals surface area (Å²) >= 11 is 12.2. The minimum atomic E-state index is -4.83. The van der Waals surface area contributed by atoms with Gasteiger partial charge in [-0.3, -0.25) is 4.79 Å². The van der Waals surface area contributed by atoms with Gasteiger partial charge in [0.1, 0.15) is 18.2 Å². The number of aryl methyl sites for hydroxylation is 1. The highest BCUT2D eigenvalue weighted by Gasteiger charge is 2.17. The average molecular weight is 590 g/mol. The highest BCUT2D eigenvalue weighted by Crippen LogP contribution is 2.33. The number of carbonyl (C=O) groups is 1. The second kappa shape index (κ2) is 11.4. The van der Waals surface area contributed by atoms with E-state index in [4.69, 9.17) is 39.4 Å². The molecule has 0 fully saturated rings. The second-order valence-electron chi connectivity index (χ2n) is 8.44. The number of halogens is 3. The van der Waals surface area contributed by atoms with Crippen LogP contribution in [-0.4, -0.2) is 24.3 Å². The fraction of sp³-hybridized carbons (Fsp3) is 0.115. The van der Waals surface area contributed by atoms with Gasteiger partial charge in [0.05, 0.1) is 20.6 Å². The molecule has 0 aliphatic carbocycles. The predicted octanol–water partition coefficient (Wildman–Crippen LogP) is 5.09. The summed E-state index contributed by atoms with van der Waals surface area (Å²) in [5, 5.41) is 3.49. The Balaban J connectivity index is 1.45. The van der Waals surface area contributed by atoms with Crippen molar-refractivity contribution >= 4 is 51.1 Å². The summed E-state index contributed by atoms with van der Waals surface area (Å²) in [6.45, 7) is 2.10. The third-order valence-electron chi connectivity index (χ3n) is 5.76. The highest BCUT2D eigenvalue weighted by molar-refractivity contribution is 7.86. The van der Waals surface area contributed by atoms with Crippen LogP contribution in [0, 0.1) is 6.92 Å². The smallest absolute Gasteiger partial charge is 0.332 e. The number of carbonyl (C=O) groups excluding carboxylic acids is 1. The summed E-state index contributed by atoms with van der Waals surface area (Å²) < 4.78 is 40.9. The number of rotatable bonds is 8. The van der Waals surface area contributed by atoms with Gasteiger partial charge in [0, 0.05) is 17.7 Å². The second-order valence-corrected chi connectivity index (χ2v) is 10.6. The topological polar surface area (TPSA) is 150 Å². The summed E-state index contributed by atoms with van der Waals surface area (Å²) in [6.07, 6.45) is 0. The number of aromatic nitrogens is 2. The molecule has 0 radical (unpaired) electrons. The van der Waals surface area contributed by atoms with E-state index >= 15 is 0 Å². The molecule has 0 saturated carbocycles. The van der Waals surface area contributed by atoms with Crippen molar-refractivity contribution in [3.63, 3.8) is 0 Å². The summed E-state index contributed by atoms with van der Waals surface area (Å²) in [5.74, 6) is 0.272. The third-order valence-corrected chi connectivity index (χ3v) is 7.34. The SMILES string of the molecule is Cc1cc(OCc2nc(N)nc(N)c2-c2ccc(Cl)c(Cl)c2)ccc1CNC(=O)c1ccc(S(=O)(=O)F)cc1. The molecular weight excluding hydrogens is 568 g/mol. The van der Waals surface area contributed by atoms with E-state index in [2.05, 4.69) is 15.3 Å². The molecule has 0 spiro atoms. The molecule has 1 amide bonds. The van der Waals surface area contributed by atoms with E-state index < -0.39 is 21.0 Å². The van der Waals surface area contributed by atoms with Crippen molar-refractivity contribution in [1.82, 2.24) is 15.3 Å². The van der Waals surface area contributed by atoms with Crippen LogP contribution in [0.15, 0.2) is 65.6 Å². The molecule has 0 saturated heterocycles. The van der Waals surface area contributed by atoms with Crippen molar-refractivity contribution in [2.75, 3.05) is 11.5 Å². The van der Waals surface area contributed by atoms with Crippen molar-refractivity contribution in [3.8, 4) is 16.9 Å². The number of ether oxygens (including phenoxy) is 1. The molecule has 0 atom stereocenters. The molecule has 9 nitrogen and oxygen atoms in total. The molecule has 4 aromatic rings. The van der Waals surface area contributed by atoms with Gasteiger partial charge < -0.3 is 21.5 Å². The van der Waals surface area contributed by atoms with Gasteiger partial charge in [-0.25, -0.2) is 4.98 Å². The number of nitrogen functional groups attached to an aromatic ring is 2. The number of nitrogens with zero attached hydrogens (tertiary/aromatic N) is 2. The summed E-state index contributed by atoms with van der Waals surface area (Å²) in [4.78, 5) is 20.3. The van der Waals surface area contributed by atoms with Gasteiger partial charge in [-0.2, -0.15) is 13.4 Å². The standard InChI is InChI=1S/C26H22Cl2FN5O4S/c1-14-10-18(6-2-17(14)12-32-25(35)15-3-7-19(8-4-15)39(29,36)37)38-13-22-23(24(30)34-26(31)33-22)16-5-9-20(27)21(28)11-16/h2-11H,12-13H2,1H3,(H,32,35)(H4,30,31,33,34). The van der Waals surface area contributed by atoms with Crippen LogP contribution in [-0.2, 0) is 23.4 Å². The zero-order valence-corrected chi connectivity index (χ0v) is 22.7. The maximum atomic E-state index is 13.0. The van der Waals surface area contributed by atoms with Gasteiger partial charge in [-0.15, -0.1) is 3.89 Å². The van der Waals surface area contributed by atoms with Gasteiger partial charge in [0.25, 0.3) is 5.91 Å². The van der Waals surface area contributed by atoms with Crippen LogP contribution >= 0.6 is 23.2 Å². The lowest BCUT2D eigenvalue weighted by molar-refractivity contribution is 0.0950. The Morgan fingerprint density at radius 1 is 1.00 bits per heavy atom. The van der Waals surface area contributed by atoms with E-state index in [1.807, 2.05) is 6.92 Å². The Bertz CT molecular complexity index is 1670. The van der Waals surface area contributed by atoms with Crippen molar-refractivity contribution in [2.24, 2.45) is 0 Å². The number of nitrogens with two attached hydrogens (primary N) is 2. The van der Waals surface area contributed by atoms with E-state index in [9.17, 15) is 17.1 Å². The van der Waals surface area contributed by atoms with Crippen molar-refractivity contribution in [1.29, 1.82) is 0 Å². The molecule has 4 rings (SSSR count). The first-order valence-corrected chi connectivity index (χ1v) is 13.5. The van der Waals surface area contributed by atoms with Gasteiger partial charge in [-0.1, -0.05) is 35.3 Å². The lowest BCUT2D eigenvalue weighted by Gasteiger charge is -2.15. The normalized spacial score (nSPS) is 11.3. The number of anilines is 2. The Morgan fingerprint density at radius 2 is 1.72 bits per heavy atom. The maximum Gasteiger partial charge on any atom is 0.332 e. The fourth-order valence-corrected chi connectivity index (χ4v) is 4.53. The average Bonchev–Trinajstić information content (AvgIpc) is 2.88. The lowest BCUT2D eigenvalue weighted by atomic mass is 10.0. The van der Waals surface area contributed by atoms with Crippen LogP contribution in [0.2, 0.25) is 10.0 Å². The molecule has 1 heterocycles. The van der Waals surface area contributed by atoms with Gasteiger partial charge in [0.15, 0.2) is 0 Å². The van der Waals surface area contributed by atoms with E-state index in [0.717, 1.165) is 23.3 Å². The van der Waals surface area contributed by atoms with Gasteiger partial charge >= 0.3 is 10.2 Å². The molecule has 202 valence electrons. The number of amides is 1. The number of benzene rings is 3. The zero-order valence-electron chi connectivity index (χ0n) is 20.4. The first kappa shape index (κ1) is 28.1. The number of nitrogens with one attached hydrogen (secondary N) is 1. The Kier molecular flexibility index (Phi) is 8.24. The van der Waals surface area contributed by atoms with Crippen molar-refractivity contribution < 1.29 is 21.8 Å². The van der Waals surface area contributed by atoms with Gasteiger partial charge in [0.2, 0.25) is 5.95 Å². The quantitative estimate of drug-likeness (QED) is 0.240. The van der Waals surface area contributed by atoms with Crippen LogP contribution in [0.5, 0.6) is 5.75 Å². The minimum Gasteiger partial charge on any atom is -0.487 e. The fourth-order valence-electron chi connectivity index (χ4n) is 3.77. The van der Waals surface area contributed by atoms with Crippen LogP contribution < -0.4 is 21.5 Å². The molecule has 0 unspecified atom stereocenters. The van der Waals surface area contributed by atoms with E-state index in [-0.39, 0.29) is 30.5 Å². The predicted molar refractivity (Wildman–Crippen MR) is 148 cm³/mol. The zero-order chi connectivity index (χ0) is 28.3. The Morgan fingerprint density at radius 3 is 2.36 bits per heavy atom. The minimum absolute atomic E-state index is 0.00172. The van der Waals surface area contributed by atoms with E-state index in [1.54, 1.807) is 36.4 Å². The van der Waals surface area contributed by atoms with Crippen molar-refractivity contribution in [3.05, 3.63) is 93.1 Å². The monoisotopic (exact) mass is 589 g/mol. The molecule has 0 bridgehead atoms. The molecule has 0 aliphatic rings. The largest absolute Gasteiger partial charge is 0.487 e. The van der Waals surface area contributed by atoms with E-state index in [1.165, 1.54) is 12.1 Å². The highest BCUT2D eigenvalue weighted by atomic mass is 35.5. The Labute approximate surface area is 234 Å². The third kappa shape index (κ3) is 6.75. The summed E-state index contributed by atoms with van der Waals surface area (Å²) in [6, 6.07) is 14.9. The van der Waals surface area contributed by atoms with Crippen LogP contribution in [0.3, 0.4) is 0 Å². The first-order valence-electron chi connectivity index (χ1n) is 11.3. The van der Waals surface area contributed by atoms with Crippen molar-refractivity contribution in [2.45, 2.75) is 25.0 Å². The molecule has 1 aromatic heterocycles. The maximum absolute atomic E-state index is 13.0. The molecule has 13 heteroatoms. The van der Waals surface area contributed by atoms with Crippen LogP contribution in [0.25, 0.3) is 11.1 Å².